The number of rotatable bonds is 5. The smallest absolute Gasteiger partial charge is 0.0841 e. The molecular weight excluding hydrogens is 354 g/mol. The summed E-state index contributed by atoms with van der Waals surface area (Å²) in [4.78, 5) is 0. The molecule has 27 heavy (non-hydrogen) atoms. The molecule has 0 fully saturated rings. The Labute approximate surface area is 164 Å². The molecule has 1 aromatic heterocycles. The molecule has 136 valence electrons. The molecule has 0 aliphatic rings. The fourth-order valence-corrected chi connectivity index (χ4v) is 4.17. The Morgan fingerprint density at radius 2 is 1.48 bits per heavy atom. The summed E-state index contributed by atoms with van der Waals surface area (Å²) in [5.74, 6) is 0. The molecule has 0 saturated heterocycles. The van der Waals surface area contributed by atoms with Crippen molar-refractivity contribution in [2.24, 2.45) is 0 Å². The summed E-state index contributed by atoms with van der Waals surface area (Å²) in [6.45, 7) is 2.26. The third kappa shape index (κ3) is 3.27. The van der Waals surface area contributed by atoms with Crippen molar-refractivity contribution < 1.29 is 5.11 Å². The normalized spacial score (nSPS) is 11.4. The van der Waals surface area contributed by atoms with Crippen molar-refractivity contribution in [2.75, 3.05) is 6.61 Å². The first-order valence-electron chi connectivity index (χ1n) is 9.20. The fraction of sp³-hybridized carbons (Fsp3) is 0.167. The molecule has 0 amide bonds. The number of nitrogens with zero attached hydrogens (tertiary/aromatic N) is 1. The van der Waals surface area contributed by atoms with Crippen LogP contribution < -0.4 is 0 Å². The fourth-order valence-electron chi connectivity index (χ4n) is 4.00. The minimum atomic E-state index is 0.0588. The second-order valence-electron chi connectivity index (χ2n) is 6.79. The summed E-state index contributed by atoms with van der Waals surface area (Å²) in [6.07, 6.45) is 0.617. The number of hydrogen-bond donors (Lipinski definition) is 1. The van der Waals surface area contributed by atoms with E-state index in [0.29, 0.717) is 6.42 Å². The zero-order valence-corrected chi connectivity index (χ0v) is 16.0. The lowest BCUT2D eigenvalue weighted by molar-refractivity contribution is 0.299. The van der Waals surface area contributed by atoms with E-state index in [1.54, 1.807) is 0 Å². The summed E-state index contributed by atoms with van der Waals surface area (Å²) in [5.41, 5.74) is 5.92. The maximum atomic E-state index is 9.61. The molecule has 3 heteroatoms. The highest BCUT2D eigenvalue weighted by Crippen LogP contribution is 2.36. The van der Waals surface area contributed by atoms with Gasteiger partial charge in [-0.1, -0.05) is 72.3 Å². The minimum Gasteiger partial charge on any atom is -0.396 e. The molecule has 0 unspecified atom stereocenters. The van der Waals surface area contributed by atoms with Gasteiger partial charge in [0.15, 0.2) is 0 Å². The summed E-state index contributed by atoms with van der Waals surface area (Å²) in [6, 6.07) is 27.2. The Morgan fingerprint density at radius 3 is 2.04 bits per heavy atom. The molecular formula is C24H22ClNO. The van der Waals surface area contributed by atoms with E-state index in [1.807, 2.05) is 24.3 Å². The summed E-state index contributed by atoms with van der Waals surface area (Å²) >= 11 is 6.29. The lowest BCUT2D eigenvalue weighted by Crippen LogP contribution is -2.14. The molecule has 4 aromatic rings. The van der Waals surface area contributed by atoms with Gasteiger partial charge in [0, 0.05) is 28.2 Å². The maximum absolute atomic E-state index is 9.61. The van der Waals surface area contributed by atoms with Crippen molar-refractivity contribution in [2.45, 2.75) is 19.4 Å². The van der Waals surface area contributed by atoms with Crippen molar-refractivity contribution in [1.82, 2.24) is 4.57 Å². The highest BCUT2D eigenvalue weighted by atomic mass is 35.5. The molecule has 0 radical (unpaired) electrons. The molecule has 2 nitrogen and oxygen atoms in total. The van der Waals surface area contributed by atoms with E-state index in [-0.39, 0.29) is 12.6 Å². The van der Waals surface area contributed by atoms with Gasteiger partial charge in [0.2, 0.25) is 0 Å². The van der Waals surface area contributed by atoms with Gasteiger partial charge in [0.05, 0.1) is 6.04 Å². The molecule has 0 atom stereocenters. The van der Waals surface area contributed by atoms with Crippen molar-refractivity contribution >= 4 is 22.5 Å². The van der Waals surface area contributed by atoms with E-state index < -0.39 is 0 Å². The van der Waals surface area contributed by atoms with Crippen LogP contribution in [0.4, 0.5) is 0 Å². The van der Waals surface area contributed by atoms with Crippen molar-refractivity contribution in [3.05, 3.63) is 106 Å². The third-order valence-corrected chi connectivity index (χ3v) is 5.43. The van der Waals surface area contributed by atoms with Crippen LogP contribution >= 0.6 is 11.6 Å². The Kier molecular flexibility index (Phi) is 5.02. The van der Waals surface area contributed by atoms with Crippen LogP contribution in [-0.4, -0.2) is 16.3 Å². The minimum absolute atomic E-state index is 0.0588. The molecule has 0 aliphatic heterocycles. The molecule has 1 heterocycles. The van der Waals surface area contributed by atoms with Crippen LogP contribution in [0.1, 0.15) is 28.4 Å². The van der Waals surface area contributed by atoms with Crippen LogP contribution in [-0.2, 0) is 6.42 Å². The average molecular weight is 376 g/mol. The molecule has 3 aromatic carbocycles. The SMILES string of the molecule is Cc1c(CCO)c2cc(Cl)ccc2n1C(c1ccccc1)c1ccccc1. The largest absolute Gasteiger partial charge is 0.396 e. The number of aliphatic hydroxyl groups excluding tert-OH is 1. The van der Waals surface area contributed by atoms with Gasteiger partial charge in [-0.25, -0.2) is 0 Å². The third-order valence-electron chi connectivity index (χ3n) is 5.19. The zero-order chi connectivity index (χ0) is 18.8. The first-order chi connectivity index (χ1) is 13.2. The van der Waals surface area contributed by atoms with Crippen molar-refractivity contribution in [3.63, 3.8) is 0 Å². The molecule has 1 N–H and O–H groups in total. The predicted molar refractivity (Wildman–Crippen MR) is 113 cm³/mol. The van der Waals surface area contributed by atoms with Crippen LogP contribution in [0.25, 0.3) is 10.9 Å². The van der Waals surface area contributed by atoms with Gasteiger partial charge in [0.25, 0.3) is 0 Å². The summed E-state index contributed by atoms with van der Waals surface area (Å²) in [5, 5.41) is 11.4. The Bertz CT molecular complexity index is 1010. The van der Waals surface area contributed by atoms with E-state index >= 15 is 0 Å². The Balaban J connectivity index is 2.04. The number of hydrogen-bond acceptors (Lipinski definition) is 1. The van der Waals surface area contributed by atoms with Gasteiger partial charge in [-0.2, -0.15) is 0 Å². The van der Waals surface area contributed by atoms with E-state index in [0.717, 1.165) is 21.5 Å². The molecule has 0 bridgehead atoms. The van der Waals surface area contributed by atoms with E-state index in [9.17, 15) is 5.11 Å². The van der Waals surface area contributed by atoms with Gasteiger partial charge in [-0.05, 0) is 48.2 Å². The van der Waals surface area contributed by atoms with Gasteiger partial charge < -0.3 is 9.67 Å². The van der Waals surface area contributed by atoms with E-state index in [1.165, 1.54) is 16.8 Å². The Hall–Kier alpha value is -2.55. The molecule has 4 rings (SSSR count). The summed E-state index contributed by atoms with van der Waals surface area (Å²) in [7, 11) is 0. The second-order valence-corrected chi connectivity index (χ2v) is 7.23. The lowest BCUT2D eigenvalue weighted by Gasteiger charge is -2.23. The zero-order valence-electron chi connectivity index (χ0n) is 15.3. The number of aromatic nitrogens is 1. The topological polar surface area (TPSA) is 25.2 Å². The monoisotopic (exact) mass is 375 g/mol. The lowest BCUT2D eigenvalue weighted by atomic mass is 9.98. The maximum Gasteiger partial charge on any atom is 0.0841 e. The first kappa shape index (κ1) is 17.8. The highest BCUT2D eigenvalue weighted by molar-refractivity contribution is 6.31. The van der Waals surface area contributed by atoms with Crippen molar-refractivity contribution in [3.8, 4) is 0 Å². The standard InChI is InChI=1S/C24H22ClNO/c1-17-21(14-15-27)22-16-20(25)12-13-23(22)26(17)24(18-8-4-2-5-9-18)19-10-6-3-7-11-19/h2-13,16,24,27H,14-15H2,1H3. The number of fused-ring (bicyclic) bond motifs is 1. The van der Waals surface area contributed by atoms with E-state index in [2.05, 4.69) is 66.1 Å². The molecule has 0 spiro atoms. The summed E-state index contributed by atoms with van der Waals surface area (Å²) < 4.78 is 2.38. The van der Waals surface area contributed by atoms with Gasteiger partial charge in [0.1, 0.15) is 0 Å². The van der Waals surface area contributed by atoms with Gasteiger partial charge in [-0.15, -0.1) is 0 Å². The van der Waals surface area contributed by atoms with Crippen LogP contribution in [0.15, 0.2) is 78.9 Å². The predicted octanol–water partition coefficient (Wildman–Crippen LogP) is 5.78. The van der Waals surface area contributed by atoms with E-state index in [4.69, 9.17) is 11.6 Å². The van der Waals surface area contributed by atoms with Crippen LogP contribution in [0.3, 0.4) is 0 Å². The number of benzene rings is 3. The van der Waals surface area contributed by atoms with Crippen LogP contribution in [0.2, 0.25) is 5.02 Å². The number of aliphatic hydroxyl groups is 1. The number of halogens is 1. The van der Waals surface area contributed by atoms with Crippen LogP contribution in [0.5, 0.6) is 0 Å². The molecule has 0 aliphatic carbocycles. The first-order valence-corrected chi connectivity index (χ1v) is 9.58. The van der Waals surface area contributed by atoms with Gasteiger partial charge in [-0.3, -0.25) is 0 Å². The van der Waals surface area contributed by atoms with Crippen LogP contribution in [0, 0.1) is 6.92 Å². The second kappa shape index (κ2) is 7.59. The quantitative estimate of drug-likeness (QED) is 0.470. The van der Waals surface area contributed by atoms with Crippen molar-refractivity contribution in [1.29, 1.82) is 0 Å². The Morgan fingerprint density at radius 1 is 0.889 bits per heavy atom. The highest BCUT2D eigenvalue weighted by Gasteiger charge is 2.23. The van der Waals surface area contributed by atoms with Gasteiger partial charge >= 0.3 is 0 Å². The average Bonchev–Trinajstić information content (AvgIpc) is 2.96. The molecule has 0 saturated carbocycles.